The molecule has 0 radical (unpaired) electrons. The first-order valence-corrected chi connectivity index (χ1v) is 10.2. The Kier molecular flexibility index (Phi) is 5.49. The van der Waals surface area contributed by atoms with E-state index in [1.165, 1.54) is 23.1 Å². The van der Waals surface area contributed by atoms with Crippen molar-refractivity contribution in [1.29, 1.82) is 0 Å². The first-order valence-electron chi connectivity index (χ1n) is 9.78. The number of carbonyl (C=O) groups is 4. The van der Waals surface area contributed by atoms with Crippen molar-refractivity contribution in [3.63, 3.8) is 0 Å². The molecule has 2 atom stereocenters. The van der Waals surface area contributed by atoms with E-state index in [0.29, 0.717) is 22.3 Å². The average Bonchev–Trinajstić information content (AvgIpc) is 3.03. The predicted molar refractivity (Wildman–Crippen MR) is 110 cm³/mol. The second-order valence-corrected chi connectivity index (χ2v) is 8.04. The molecule has 4 amide bonds. The van der Waals surface area contributed by atoms with E-state index < -0.39 is 23.8 Å². The van der Waals surface area contributed by atoms with Crippen LogP contribution in [0.3, 0.4) is 0 Å². The van der Waals surface area contributed by atoms with Gasteiger partial charge in [-0.1, -0.05) is 17.7 Å². The molecule has 160 valence electrons. The van der Waals surface area contributed by atoms with Crippen molar-refractivity contribution in [2.24, 2.45) is 0 Å². The fourth-order valence-corrected chi connectivity index (χ4v) is 4.26. The zero-order chi connectivity index (χ0) is 22.3. The number of carbonyl (C=O) groups excluding carboxylic acids is 4. The van der Waals surface area contributed by atoms with Gasteiger partial charge in [-0.05, 0) is 54.8 Å². The third-order valence-corrected chi connectivity index (χ3v) is 5.89. The van der Waals surface area contributed by atoms with Crippen LogP contribution in [0.4, 0.5) is 4.39 Å². The quantitative estimate of drug-likeness (QED) is 0.710. The van der Waals surface area contributed by atoms with Crippen molar-refractivity contribution in [1.82, 2.24) is 15.5 Å². The Labute approximate surface area is 182 Å². The number of hydrogen-bond donors (Lipinski definition) is 2. The van der Waals surface area contributed by atoms with Gasteiger partial charge in [-0.3, -0.25) is 24.5 Å². The second-order valence-electron chi connectivity index (χ2n) is 7.63. The van der Waals surface area contributed by atoms with Crippen LogP contribution in [0.1, 0.15) is 57.7 Å². The summed E-state index contributed by atoms with van der Waals surface area (Å²) in [6, 6.07) is 7.52. The van der Waals surface area contributed by atoms with Gasteiger partial charge in [0.05, 0.1) is 6.04 Å². The van der Waals surface area contributed by atoms with Gasteiger partial charge >= 0.3 is 0 Å². The number of halogens is 2. The number of nitrogens with zero attached hydrogens (tertiary/aromatic N) is 1. The molecule has 7 nitrogen and oxygen atoms in total. The van der Waals surface area contributed by atoms with Crippen LogP contribution in [-0.4, -0.2) is 34.6 Å². The number of rotatable bonds is 4. The lowest BCUT2D eigenvalue weighted by Gasteiger charge is -2.29. The Bertz CT molecular complexity index is 1120. The second kappa shape index (κ2) is 8.11. The van der Waals surface area contributed by atoms with Crippen molar-refractivity contribution in [3.8, 4) is 0 Å². The fraction of sp³-hybridized carbons (Fsp3) is 0.273. The minimum absolute atomic E-state index is 0.175. The molecule has 31 heavy (non-hydrogen) atoms. The van der Waals surface area contributed by atoms with Crippen LogP contribution in [0.15, 0.2) is 36.4 Å². The molecule has 1 fully saturated rings. The van der Waals surface area contributed by atoms with Gasteiger partial charge in [0.2, 0.25) is 11.8 Å². The van der Waals surface area contributed by atoms with Crippen LogP contribution in [0.2, 0.25) is 5.02 Å². The van der Waals surface area contributed by atoms with Gasteiger partial charge in [0.15, 0.2) is 0 Å². The molecule has 0 aromatic heterocycles. The van der Waals surface area contributed by atoms with Gasteiger partial charge in [0.25, 0.3) is 11.8 Å². The zero-order valence-corrected chi connectivity index (χ0v) is 17.3. The highest BCUT2D eigenvalue weighted by Crippen LogP contribution is 2.29. The number of amides is 4. The maximum Gasteiger partial charge on any atom is 0.255 e. The summed E-state index contributed by atoms with van der Waals surface area (Å²) in [6.07, 6.45) is 0.446. The highest BCUT2D eigenvalue weighted by molar-refractivity contribution is 6.31. The van der Waals surface area contributed by atoms with Gasteiger partial charge < -0.3 is 10.2 Å². The Morgan fingerprint density at radius 2 is 2.00 bits per heavy atom. The van der Waals surface area contributed by atoms with E-state index in [1.54, 1.807) is 25.1 Å². The van der Waals surface area contributed by atoms with Crippen LogP contribution in [0.5, 0.6) is 0 Å². The van der Waals surface area contributed by atoms with E-state index in [1.807, 2.05) is 0 Å². The molecule has 2 aromatic carbocycles. The Balaban J connectivity index is 1.49. The normalized spacial score (nSPS) is 19.1. The lowest BCUT2D eigenvalue weighted by molar-refractivity contribution is -0.136. The number of imide groups is 1. The molecule has 2 unspecified atom stereocenters. The molecule has 1 saturated heterocycles. The summed E-state index contributed by atoms with van der Waals surface area (Å²) < 4.78 is 13.3. The van der Waals surface area contributed by atoms with Crippen LogP contribution >= 0.6 is 11.6 Å². The number of piperidine rings is 1. The largest absolute Gasteiger partial charge is 0.345 e. The number of hydrogen-bond acceptors (Lipinski definition) is 4. The summed E-state index contributed by atoms with van der Waals surface area (Å²) in [5.74, 6) is -1.97. The molecule has 2 aliphatic rings. The minimum atomic E-state index is -0.712. The zero-order valence-electron chi connectivity index (χ0n) is 16.6. The van der Waals surface area contributed by atoms with Crippen LogP contribution in [0.25, 0.3) is 0 Å². The molecule has 2 aliphatic heterocycles. The lowest BCUT2D eigenvalue weighted by atomic mass is 10.0. The lowest BCUT2D eigenvalue weighted by Crippen LogP contribution is -2.52. The van der Waals surface area contributed by atoms with E-state index in [4.69, 9.17) is 11.6 Å². The van der Waals surface area contributed by atoms with Crippen LogP contribution < -0.4 is 10.6 Å². The molecule has 4 rings (SSSR count). The average molecular weight is 444 g/mol. The van der Waals surface area contributed by atoms with Crippen molar-refractivity contribution < 1.29 is 23.6 Å². The van der Waals surface area contributed by atoms with E-state index in [2.05, 4.69) is 10.6 Å². The van der Waals surface area contributed by atoms with Gasteiger partial charge in [0, 0.05) is 29.1 Å². The Morgan fingerprint density at radius 3 is 2.71 bits per heavy atom. The Hall–Kier alpha value is -3.26. The highest BCUT2D eigenvalue weighted by atomic mass is 35.5. The SMILES string of the molecule is CC(NC(=O)c1ccc2c(c1)CN(C1CCC(=O)NC1=O)C2=O)c1ccc(F)cc1Cl. The molecule has 0 saturated carbocycles. The molecule has 2 aromatic rings. The van der Waals surface area contributed by atoms with Gasteiger partial charge in [-0.25, -0.2) is 4.39 Å². The van der Waals surface area contributed by atoms with Gasteiger partial charge in [-0.2, -0.15) is 0 Å². The molecule has 2 N–H and O–H groups in total. The summed E-state index contributed by atoms with van der Waals surface area (Å²) in [5, 5.41) is 5.29. The molecular weight excluding hydrogens is 425 g/mol. The molecule has 0 spiro atoms. The minimum Gasteiger partial charge on any atom is -0.345 e. The summed E-state index contributed by atoms with van der Waals surface area (Å²) in [5.41, 5.74) is 1.99. The first-order chi connectivity index (χ1) is 14.7. The van der Waals surface area contributed by atoms with Gasteiger partial charge in [0.1, 0.15) is 11.9 Å². The van der Waals surface area contributed by atoms with E-state index in [9.17, 15) is 23.6 Å². The maximum atomic E-state index is 13.3. The predicted octanol–water partition coefficient (Wildman–Crippen LogP) is 2.73. The smallest absolute Gasteiger partial charge is 0.255 e. The molecule has 2 heterocycles. The van der Waals surface area contributed by atoms with E-state index >= 15 is 0 Å². The summed E-state index contributed by atoms with van der Waals surface area (Å²) in [6.45, 7) is 1.92. The van der Waals surface area contributed by atoms with Crippen LogP contribution in [0, 0.1) is 5.82 Å². The summed E-state index contributed by atoms with van der Waals surface area (Å²) >= 11 is 6.07. The third kappa shape index (κ3) is 4.03. The van der Waals surface area contributed by atoms with Gasteiger partial charge in [-0.15, -0.1) is 0 Å². The molecule has 0 bridgehead atoms. The monoisotopic (exact) mass is 443 g/mol. The van der Waals surface area contributed by atoms with E-state index in [-0.39, 0.29) is 42.1 Å². The number of fused-ring (bicyclic) bond motifs is 1. The number of benzene rings is 2. The third-order valence-electron chi connectivity index (χ3n) is 5.56. The summed E-state index contributed by atoms with van der Waals surface area (Å²) in [7, 11) is 0. The maximum absolute atomic E-state index is 13.3. The van der Waals surface area contributed by atoms with Crippen molar-refractivity contribution in [2.75, 3.05) is 0 Å². The number of nitrogens with one attached hydrogen (secondary N) is 2. The standard InChI is InChI=1S/C22H19ClFN3O4/c1-11(15-5-3-14(24)9-17(15)23)25-20(29)12-2-4-16-13(8-12)10-27(22(16)31)18-6-7-19(28)26-21(18)30/h2-5,8-9,11,18H,6-7,10H2,1H3,(H,25,29)(H,26,28,30). The van der Waals surface area contributed by atoms with Crippen molar-refractivity contribution in [2.45, 2.75) is 38.4 Å². The molecule has 9 heteroatoms. The van der Waals surface area contributed by atoms with Crippen molar-refractivity contribution in [3.05, 3.63) is 69.5 Å². The van der Waals surface area contributed by atoms with Crippen molar-refractivity contribution >= 4 is 35.2 Å². The highest BCUT2D eigenvalue weighted by Gasteiger charge is 2.39. The molecule has 0 aliphatic carbocycles. The van der Waals surface area contributed by atoms with E-state index in [0.717, 1.165) is 0 Å². The first kappa shape index (κ1) is 21.0. The Morgan fingerprint density at radius 1 is 1.23 bits per heavy atom. The topological polar surface area (TPSA) is 95.6 Å². The summed E-state index contributed by atoms with van der Waals surface area (Å²) in [4.78, 5) is 50.4. The molecular formula is C22H19ClFN3O4. The van der Waals surface area contributed by atoms with Crippen LogP contribution in [-0.2, 0) is 16.1 Å². The fourth-order valence-electron chi connectivity index (χ4n) is 3.93.